The lowest BCUT2D eigenvalue weighted by atomic mass is 9.80. The first kappa shape index (κ1) is 15.8. The van der Waals surface area contributed by atoms with E-state index in [-0.39, 0.29) is 5.41 Å². The highest BCUT2D eigenvalue weighted by atomic mass is 16.5. The van der Waals surface area contributed by atoms with Gasteiger partial charge in [0.2, 0.25) is 5.58 Å². The fraction of sp³-hybridized carbons (Fsp3) is 0.476. The van der Waals surface area contributed by atoms with Crippen LogP contribution in [0.3, 0.4) is 0 Å². The lowest BCUT2D eigenvalue weighted by molar-refractivity contribution is 0.441. The van der Waals surface area contributed by atoms with Crippen LogP contribution in [0.2, 0.25) is 0 Å². The largest absolute Gasteiger partial charge is 0.362 e. The Morgan fingerprint density at radius 1 is 1.27 bits per heavy atom. The van der Waals surface area contributed by atoms with Crippen LogP contribution in [0, 0.1) is 25.7 Å². The van der Waals surface area contributed by atoms with Crippen LogP contribution in [0.25, 0.3) is 11.1 Å². The van der Waals surface area contributed by atoms with Gasteiger partial charge in [0.05, 0.1) is 6.20 Å². The second-order valence-corrected chi connectivity index (χ2v) is 8.19. The highest BCUT2D eigenvalue weighted by Crippen LogP contribution is 2.62. The van der Waals surface area contributed by atoms with Gasteiger partial charge in [-0.05, 0) is 56.1 Å². The maximum absolute atomic E-state index is 5.42. The van der Waals surface area contributed by atoms with Crippen LogP contribution in [0.4, 0.5) is 5.82 Å². The molecule has 5 nitrogen and oxygen atoms in total. The van der Waals surface area contributed by atoms with Gasteiger partial charge in [0.1, 0.15) is 6.33 Å². The van der Waals surface area contributed by atoms with Gasteiger partial charge in [-0.3, -0.25) is 0 Å². The highest BCUT2D eigenvalue weighted by molar-refractivity contribution is 5.83. The summed E-state index contributed by atoms with van der Waals surface area (Å²) in [6, 6.07) is 7.26. The zero-order valence-corrected chi connectivity index (χ0v) is 15.5. The van der Waals surface area contributed by atoms with E-state index in [1.165, 1.54) is 36.0 Å². The monoisotopic (exact) mass is 348 g/mol. The lowest BCUT2D eigenvalue weighted by Gasteiger charge is -2.31. The summed E-state index contributed by atoms with van der Waals surface area (Å²) in [6.07, 6.45) is 7.00. The zero-order chi connectivity index (χ0) is 17.9. The molecule has 5 rings (SSSR count). The SMILES string of the molecule is Cc1ccc(C2(C(Nc3noc4cncnc34)C3CC3)CC2C)c(C)c1. The maximum Gasteiger partial charge on any atom is 0.205 e. The van der Waals surface area contributed by atoms with E-state index in [4.69, 9.17) is 4.52 Å². The maximum atomic E-state index is 5.42. The zero-order valence-electron chi connectivity index (χ0n) is 15.5. The predicted molar refractivity (Wildman–Crippen MR) is 101 cm³/mol. The summed E-state index contributed by atoms with van der Waals surface area (Å²) in [5, 5.41) is 8.00. The van der Waals surface area contributed by atoms with Gasteiger partial charge in [-0.15, -0.1) is 0 Å². The summed E-state index contributed by atoms with van der Waals surface area (Å²) < 4.78 is 5.42. The van der Waals surface area contributed by atoms with Gasteiger partial charge in [0.15, 0.2) is 11.3 Å². The molecule has 0 aliphatic heterocycles. The van der Waals surface area contributed by atoms with Crippen molar-refractivity contribution in [1.82, 2.24) is 15.1 Å². The van der Waals surface area contributed by atoms with Crippen molar-refractivity contribution < 1.29 is 4.52 Å². The topological polar surface area (TPSA) is 63.8 Å². The summed E-state index contributed by atoms with van der Waals surface area (Å²) in [7, 11) is 0. The number of anilines is 1. The number of rotatable bonds is 5. The Morgan fingerprint density at radius 3 is 2.77 bits per heavy atom. The summed E-state index contributed by atoms with van der Waals surface area (Å²) in [5.41, 5.74) is 5.79. The molecule has 26 heavy (non-hydrogen) atoms. The van der Waals surface area contributed by atoms with Crippen LogP contribution in [-0.4, -0.2) is 21.2 Å². The van der Waals surface area contributed by atoms with Gasteiger partial charge in [0.25, 0.3) is 0 Å². The Bertz CT molecular complexity index is 977. The number of nitrogens with zero attached hydrogens (tertiary/aromatic N) is 3. The fourth-order valence-corrected chi connectivity index (χ4v) is 4.80. The molecule has 1 aromatic carbocycles. The Labute approximate surface area is 153 Å². The molecule has 3 unspecified atom stereocenters. The number of benzene rings is 1. The summed E-state index contributed by atoms with van der Waals surface area (Å²) in [5.74, 6) is 2.10. The molecule has 0 radical (unpaired) electrons. The highest BCUT2D eigenvalue weighted by Gasteiger charge is 2.61. The number of hydrogen-bond donors (Lipinski definition) is 1. The summed E-state index contributed by atoms with van der Waals surface area (Å²) in [6.45, 7) is 6.79. The van der Waals surface area contributed by atoms with Crippen molar-refractivity contribution in [1.29, 1.82) is 0 Å². The average molecular weight is 348 g/mol. The molecule has 2 aromatic heterocycles. The van der Waals surface area contributed by atoms with Crippen LogP contribution >= 0.6 is 0 Å². The van der Waals surface area contributed by atoms with Crippen LogP contribution < -0.4 is 5.32 Å². The Hall–Kier alpha value is -2.43. The Balaban J connectivity index is 1.56. The minimum Gasteiger partial charge on any atom is -0.362 e. The van der Waals surface area contributed by atoms with Crippen molar-refractivity contribution in [2.45, 2.75) is 51.5 Å². The van der Waals surface area contributed by atoms with Gasteiger partial charge in [-0.25, -0.2) is 9.97 Å². The third kappa shape index (κ3) is 2.33. The smallest absolute Gasteiger partial charge is 0.205 e. The van der Waals surface area contributed by atoms with Gasteiger partial charge >= 0.3 is 0 Å². The van der Waals surface area contributed by atoms with Gasteiger partial charge in [0, 0.05) is 11.5 Å². The van der Waals surface area contributed by atoms with E-state index in [0.29, 0.717) is 23.5 Å². The molecule has 0 amide bonds. The number of aromatic nitrogens is 3. The van der Waals surface area contributed by atoms with Crippen LogP contribution in [-0.2, 0) is 5.41 Å². The van der Waals surface area contributed by atoms with E-state index in [1.807, 2.05) is 0 Å². The number of aryl methyl sites for hydroxylation is 2. The van der Waals surface area contributed by atoms with Crippen molar-refractivity contribution in [3.05, 3.63) is 47.4 Å². The molecule has 0 saturated heterocycles. The Kier molecular flexibility index (Phi) is 3.36. The number of nitrogens with one attached hydrogen (secondary N) is 1. The molecule has 3 atom stereocenters. The average Bonchev–Trinajstić information content (AvgIpc) is 3.53. The summed E-state index contributed by atoms with van der Waals surface area (Å²) in [4.78, 5) is 8.39. The molecule has 2 aliphatic carbocycles. The van der Waals surface area contributed by atoms with Gasteiger partial charge in [-0.2, -0.15) is 0 Å². The van der Waals surface area contributed by atoms with Crippen LogP contribution in [0.1, 0.15) is 42.9 Å². The predicted octanol–water partition coefficient (Wildman–Crippen LogP) is 4.40. The molecule has 1 N–H and O–H groups in total. The van der Waals surface area contributed by atoms with Crippen LogP contribution in [0.15, 0.2) is 35.2 Å². The summed E-state index contributed by atoms with van der Waals surface area (Å²) >= 11 is 0. The molecule has 2 heterocycles. The van der Waals surface area contributed by atoms with E-state index >= 15 is 0 Å². The van der Waals surface area contributed by atoms with Gasteiger partial charge < -0.3 is 9.84 Å². The normalized spacial score (nSPS) is 26.0. The molecule has 0 bridgehead atoms. The molecule has 2 fully saturated rings. The molecular formula is C21H24N4O. The fourth-order valence-electron chi connectivity index (χ4n) is 4.80. The first-order chi connectivity index (χ1) is 12.6. The van der Waals surface area contributed by atoms with Crippen LogP contribution in [0.5, 0.6) is 0 Å². The van der Waals surface area contributed by atoms with E-state index in [9.17, 15) is 0 Å². The molecule has 2 saturated carbocycles. The molecule has 134 valence electrons. The number of fused-ring (bicyclic) bond motifs is 1. The first-order valence-electron chi connectivity index (χ1n) is 9.49. The van der Waals surface area contributed by atoms with Crippen molar-refractivity contribution in [3.8, 4) is 0 Å². The lowest BCUT2D eigenvalue weighted by Crippen LogP contribution is -2.38. The molecule has 5 heteroatoms. The standard InChI is InChI=1S/C21H24N4O/c1-12-4-7-16(13(2)8-12)21(9-14(21)3)19(15-5-6-15)24-20-18-17(26-25-20)10-22-11-23-18/h4,7-8,10-11,14-15,19H,5-6,9H2,1-3H3,(H,24,25). The van der Waals surface area contributed by atoms with E-state index in [2.05, 4.69) is 59.4 Å². The van der Waals surface area contributed by atoms with E-state index in [1.54, 1.807) is 12.5 Å². The van der Waals surface area contributed by atoms with Crippen molar-refractivity contribution >= 4 is 16.9 Å². The van der Waals surface area contributed by atoms with Crippen molar-refractivity contribution in [2.75, 3.05) is 5.32 Å². The third-order valence-corrected chi connectivity index (χ3v) is 6.33. The van der Waals surface area contributed by atoms with Crippen molar-refractivity contribution in [3.63, 3.8) is 0 Å². The molecule has 0 spiro atoms. The molecule has 2 aliphatic rings. The quantitative estimate of drug-likeness (QED) is 0.740. The van der Waals surface area contributed by atoms with Crippen molar-refractivity contribution in [2.24, 2.45) is 11.8 Å². The Morgan fingerprint density at radius 2 is 2.08 bits per heavy atom. The third-order valence-electron chi connectivity index (χ3n) is 6.33. The minimum absolute atomic E-state index is 0.178. The number of hydrogen-bond acceptors (Lipinski definition) is 5. The van der Waals surface area contributed by atoms with E-state index in [0.717, 1.165) is 11.3 Å². The first-order valence-corrected chi connectivity index (χ1v) is 9.49. The second-order valence-electron chi connectivity index (χ2n) is 8.19. The minimum atomic E-state index is 0.178. The molecule has 3 aromatic rings. The van der Waals surface area contributed by atoms with E-state index < -0.39 is 0 Å². The van der Waals surface area contributed by atoms with Gasteiger partial charge in [-0.1, -0.05) is 35.8 Å². The molecular weight excluding hydrogens is 324 g/mol. The second kappa shape index (κ2) is 5.53.